The molecule has 0 atom stereocenters. The van der Waals surface area contributed by atoms with Crippen molar-refractivity contribution in [2.24, 2.45) is 7.05 Å². The van der Waals surface area contributed by atoms with Crippen molar-refractivity contribution in [3.8, 4) is 0 Å². The predicted octanol–water partition coefficient (Wildman–Crippen LogP) is 2.36. The normalized spacial score (nSPS) is 15.4. The van der Waals surface area contributed by atoms with Gasteiger partial charge in [-0.25, -0.2) is 0 Å². The Labute approximate surface area is 95.2 Å². The molecule has 3 nitrogen and oxygen atoms in total. The van der Waals surface area contributed by atoms with Crippen LogP contribution in [0.25, 0.3) is 10.9 Å². The molecule has 82 valence electrons. The molecule has 1 aliphatic rings. The lowest BCUT2D eigenvalue weighted by Crippen LogP contribution is -2.21. The van der Waals surface area contributed by atoms with Crippen molar-refractivity contribution < 1.29 is 0 Å². The van der Waals surface area contributed by atoms with Crippen molar-refractivity contribution in [1.82, 2.24) is 9.47 Å². The van der Waals surface area contributed by atoms with Crippen LogP contribution < -0.4 is 4.90 Å². The second-order valence-corrected chi connectivity index (χ2v) is 4.31. The number of hydrogen-bond donors (Lipinski definition) is 0. The maximum Gasteiger partial charge on any atom is 0.0939 e. The molecule has 1 aromatic heterocycles. The van der Waals surface area contributed by atoms with Crippen molar-refractivity contribution in [1.29, 1.82) is 0 Å². The molecule has 3 heteroatoms. The lowest BCUT2D eigenvalue weighted by molar-refractivity contribution is 0.496. The summed E-state index contributed by atoms with van der Waals surface area (Å²) in [6, 6.07) is 8.51. The van der Waals surface area contributed by atoms with Crippen molar-refractivity contribution >= 4 is 16.6 Å². The molecule has 0 radical (unpaired) electrons. The molecule has 1 aliphatic heterocycles. The van der Waals surface area contributed by atoms with Crippen molar-refractivity contribution in [2.45, 2.75) is 0 Å². The molecule has 2 heterocycles. The second kappa shape index (κ2) is 3.30. The van der Waals surface area contributed by atoms with Gasteiger partial charge < -0.3 is 14.4 Å². The standard InChI is InChI=1S/C13H15N3/c1-14-7-8-16(10-14)13-9-15(2)12-6-4-3-5-11(12)13/h3-9H,10H2,1-2H3. The fraction of sp³-hybridized carbons (Fsp3) is 0.231. The Bertz CT molecular complexity index is 553. The van der Waals surface area contributed by atoms with Gasteiger partial charge in [0.05, 0.1) is 12.4 Å². The molecule has 0 fully saturated rings. The van der Waals surface area contributed by atoms with Crippen LogP contribution in [0.15, 0.2) is 42.9 Å². The van der Waals surface area contributed by atoms with Gasteiger partial charge in [0.1, 0.15) is 0 Å². The number of benzene rings is 1. The molecule has 16 heavy (non-hydrogen) atoms. The Balaban J connectivity index is 2.14. The van der Waals surface area contributed by atoms with Gasteiger partial charge in [-0.2, -0.15) is 0 Å². The number of anilines is 1. The molecular weight excluding hydrogens is 198 g/mol. The maximum absolute atomic E-state index is 2.27. The average Bonchev–Trinajstić information content (AvgIpc) is 2.84. The van der Waals surface area contributed by atoms with Gasteiger partial charge in [-0.1, -0.05) is 18.2 Å². The molecule has 0 N–H and O–H groups in total. The van der Waals surface area contributed by atoms with E-state index in [0.717, 1.165) is 6.67 Å². The molecule has 0 aliphatic carbocycles. The van der Waals surface area contributed by atoms with Crippen LogP contribution in [0.3, 0.4) is 0 Å². The van der Waals surface area contributed by atoms with Gasteiger partial charge in [0, 0.05) is 43.6 Å². The maximum atomic E-state index is 2.27. The van der Waals surface area contributed by atoms with E-state index in [0.29, 0.717) is 0 Å². The molecule has 0 bridgehead atoms. The summed E-state index contributed by atoms with van der Waals surface area (Å²) in [5.74, 6) is 0. The zero-order valence-electron chi connectivity index (χ0n) is 9.59. The number of aryl methyl sites for hydroxylation is 1. The van der Waals surface area contributed by atoms with Crippen LogP contribution in [0.4, 0.5) is 5.69 Å². The highest BCUT2D eigenvalue weighted by Crippen LogP contribution is 2.29. The zero-order valence-corrected chi connectivity index (χ0v) is 9.59. The van der Waals surface area contributed by atoms with Crippen molar-refractivity contribution in [2.75, 3.05) is 18.6 Å². The first-order valence-corrected chi connectivity index (χ1v) is 5.45. The SMILES string of the molecule is CN1C=CN(c2cn(C)c3ccccc23)C1. The summed E-state index contributed by atoms with van der Waals surface area (Å²) in [6.07, 6.45) is 6.41. The van der Waals surface area contributed by atoms with E-state index in [1.54, 1.807) is 0 Å². The van der Waals surface area contributed by atoms with Crippen LogP contribution in [0.2, 0.25) is 0 Å². The van der Waals surface area contributed by atoms with Gasteiger partial charge >= 0.3 is 0 Å². The Morgan fingerprint density at radius 3 is 2.62 bits per heavy atom. The Kier molecular flexibility index (Phi) is 1.93. The van der Waals surface area contributed by atoms with E-state index in [9.17, 15) is 0 Å². The number of rotatable bonds is 1. The highest BCUT2D eigenvalue weighted by molar-refractivity contribution is 5.94. The number of hydrogen-bond acceptors (Lipinski definition) is 2. The van der Waals surface area contributed by atoms with E-state index >= 15 is 0 Å². The minimum Gasteiger partial charge on any atom is -0.361 e. The minimum atomic E-state index is 0.925. The highest BCUT2D eigenvalue weighted by Gasteiger charge is 2.15. The van der Waals surface area contributed by atoms with Crippen LogP contribution in [-0.4, -0.2) is 23.2 Å². The lowest BCUT2D eigenvalue weighted by atomic mass is 10.2. The molecule has 3 rings (SSSR count). The first-order valence-electron chi connectivity index (χ1n) is 5.45. The predicted molar refractivity (Wildman–Crippen MR) is 67.2 cm³/mol. The molecule has 0 saturated carbocycles. The topological polar surface area (TPSA) is 11.4 Å². The van der Waals surface area contributed by atoms with Gasteiger partial charge in [0.25, 0.3) is 0 Å². The molecule has 2 aromatic rings. The smallest absolute Gasteiger partial charge is 0.0939 e. The number of nitrogens with zero attached hydrogens (tertiary/aromatic N) is 3. The molecule has 0 saturated heterocycles. The lowest BCUT2D eigenvalue weighted by Gasteiger charge is -2.17. The van der Waals surface area contributed by atoms with Gasteiger partial charge in [0.2, 0.25) is 0 Å². The summed E-state index contributed by atoms with van der Waals surface area (Å²) >= 11 is 0. The summed E-state index contributed by atoms with van der Waals surface area (Å²) in [7, 11) is 4.18. The minimum absolute atomic E-state index is 0.925. The fourth-order valence-electron chi connectivity index (χ4n) is 2.23. The summed E-state index contributed by atoms with van der Waals surface area (Å²) in [5.41, 5.74) is 2.55. The van der Waals surface area contributed by atoms with Crippen LogP contribution in [0, 0.1) is 0 Å². The van der Waals surface area contributed by atoms with E-state index in [1.807, 2.05) is 0 Å². The van der Waals surface area contributed by atoms with Crippen molar-refractivity contribution in [3.05, 3.63) is 42.9 Å². The van der Waals surface area contributed by atoms with Gasteiger partial charge in [0.15, 0.2) is 0 Å². The summed E-state index contributed by atoms with van der Waals surface area (Å²) in [6.45, 7) is 0.925. The highest BCUT2D eigenvalue weighted by atomic mass is 15.3. The quantitative estimate of drug-likeness (QED) is 0.720. The van der Waals surface area contributed by atoms with Crippen LogP contribution in [0.1, 0.15) is 0 Å². The third kappa shape index (κ3) is 1.28. The third-order valence-electron chi connectivity index (χ3n) is 3.06. The average molecular weight is 213 g/mol. The largest absolute Gasteiger partial charge is 0.361 e. The van der Waals surface area contributed by atoms with E-state index in [2.05, 4.69) is 71.3 Å². The van der Waals surface area contributed by atoms with E-state index in [4.69, 9.17) is 0 Å². The summed E-state index contributed by atoms with van der Waals surface area (Å²) in [5, 5.41) is 1.31. The Morgan fingerprint density at radius 1 is 1.06 bits per heavy atom. The van der Waals surface area contributed by atoms with Gasteiger partial charge in [-0.15, -0.1) is 0 Å². The third-order valence-corrected chi connectivity index (χ3v) is 3.06. The van der Waals surface area contributed by atoms with E-state index in [-0.39, 0.29) is 0 Å². The van der Waals surface area contributed by atoms with E-state index < -0.39 is 0 Å². The number of fused-ring (bicyclic) bond motifs is 1. The second-order valence-electron chi connectivity index (χ2n) is 4.31. The molecule has 0 unspecified atom stereocenters. The zero-order chi connectivity index (χ0) is 11.1. The molecule has 0 spiro atoms. The number of aromatic nitrogens is 1. The Morgan fingerprint density at radius 2 is 1.88 bits per heavy atom. The first-order chi connectivity index (χ1) is 7.75. The van der Waals surface area contributed by atoms with Crippen LogP contribution in [-0.2, 0) is 7.05 Å². The fourth-order valence-corrected chi connectivity index (χ4v) is 2.23. The molecule has 1 aromatic carbocycles. The molecule has 0 amide bonds. The molecular formula is C13H15N3. The monoisotopic (exact) mass is 213 g/mol. The van der Waals surface area contributed by atoms with Gasteiger partial charge in [-0.05, 0) is 6.07 Å². The van der Waals surface area contributed by atoms with E-state index in [1.165, 1.54) is 16.6 Å². The Hall–Kier alpha value is -1.90. The van der Waals surface area contributed by atoms with Gasteiger partial charge in [-0.3, -0.25) is 0 Å². The van der Waals surface area contributed by atoms with Crippen LogP contribution >= 0.6 is 0 Å². The van der Waals surface area contributed by atoms with Crippen LogP contribution in [0.5, 0.6) is 0 Å². The summed E-state index contributed by atoms with van der Waals surface area (Å²) in [4.78, 5) is 4.43. The van der Waals surface area contributed by atoms with Crippen molar-refractivity contribution in [3.63, 3.8) is 0 Å². The first kappa shape index (κ1) is 9.33. The number of para-hydroxylation sites is 1. The summed E-state index contributed by atoms with van der Waals surface area (Å²) < 4.78 is 2.18.